The van der Waals surface area contributed by atoms with Crippen LogP contribution in [0, 0.1) is 6.57 Å². The molecule has 0 spiro atoms. The predicted molar refractivity (Wildman–Crippen MR) is 72.8 cm³/mol. The molecule has 18 heavy (non-hydrogen) atoms. The lowest BCUT2D eigenvalue weighted by Crippen LogP contribution is -2.41. The minimum atomic E-state index is -0.448. The largest absolute Gasteiger partial charge is 0.493 e. The van der Waals surface area contributed by atoms with Crippen molar-refractivity contribution < 1.29 is 9.31 Å². The normalized spacial score (nSPS) is 20.7. The van der Waals surface area contributed by atoms with Crippen LogP contribution in [-0.2, 0) is 9.31 Å². The smallest absolute Gasteiger partial charge is 0.407 e. The van der Waals surface area contributed by atoms with Gasteiger partial charge in [0, 0.05) is 5.69 Å². The average Bonchev–Trinajstić information content (AvgIpc) is 2.49. The van der Waals surface area contributed by atoms with Crippen molar-refractivity contribution in [1.29, 1.82) is 0 Å². The third-order valence-corrected chi connectivity index (χ3v) is 3.70. The molecule has 1 aromatic rings. The van der Waals surface area contributed by atoms with Crippen molar-refractivity contribution in [1.82, 2.24) is 0 Å². The molecule has 0 atom stereocenters. The zero-order chi connectivity index (χ0) is 13.6. The van der Waals surface area contributed by atoms with Crippen molar-refractivity contribution in [3.8, 4) is 0 Å². The molecule has 0 amide bonds. The van der Waals surface area contributed by atoms with Gasteiger partial charge in [-0.2, -0.15) is 0 Å². The number of nitrogens with zero attached hydrogens (tertiary/aromatic N) is 1. The zero-order valence-electron chi connectivity index (χ0n) is 11.2. The van der Waals surface area contributed by atoms with Gasteiger partial charge in [-0.25, -0.2) is 4.85 Å². The summed E-state index contributed by atoms with van der Waals surface area (Å²) >= 11 is 0. The van der Waals surface area contributed by atoms with Crippen molar-refractivity contribution >= 4 is 24.0 Å². The first-order chi connectivity index (χ1) is 8.27. The second kappa shape index (κ2) is 4.01. The minimum absolute atomic E-state index is 0.378. The number of nitrogen functional groups attached to an aromatic ring is 1. The maximum atomic E-state index is 7.07. The number of benzene rings is 1. The topological polar surface area (TPSA) is 48.8 Å². The molecule has 1 saturated heterocycles. The third kappa shape index (κ3) is 1.98. The van der Waals surface area contributed by atoms with Gasteiger partial charge >= 0.3 is 7.12 Å². The van der Waals surface area contributed by atoms with Crippen LogP contribution in [0.25, 0.3) is 4.85 Å². The van der Waals surface area contributed by atoms with Gasteiger partial charge in [0.1, 0.15) is 0 Å². The zero-order valence-corrected chi connectivity index (χ0v) is 11.2. The summed E-state index contributed by atoms with van der Waals surface area (Å²) in [5.74, 6) is 0. The van der Waals surface area contributed by atoms with E-state index in [4.69, 9.17) is 21.6 Å². The van der Waals surface area contributed by atoms with Gasteiger partial charge in [0.25, 0.3) is 0 Å². The monoisotopic (exact) mass is 244 g/mol. The molecule has 0 aromatic heterocycles. The van der Waals surface area contributed by atoms with Gasteiger partial charge in [-0.3, -0.25) is 0 Å². The summed E-state index contributed by atoms with van der Waals surface area (Å²) in [6.45, 7) is 15.1. The first-order valence-corrected chi connectivity index (χ1v) is 5.89. The summed E-state index contributed by atoms with van der Waals surface area (Å²) in [7, 11) is -0.448. The summed E-state index contributed by atoms with van der Waals surface area (Å²) in [4.78, 5) is 3.39. The van der Waals surface area contributed by atoms with Gasteiger partial charge in [0.2, 0.25) is 5.69 Å². The van der Waals surface area contributed by atoms with Crippen molar-refractivity contribution in [2.24, 2.45) is 0 Å². The molecule has 0 radical (unpaired) electrons. The quantitative estimate of drug-likeness (QED) is 0.467. The Hall–Kier alpha value is -1.51. The number of anilines is 1. The number of rotatable bonds is 1. The maximum Gasteiger partial charge on any atom is 0.493 e. The molecule has 1 heterocycles. The van der Waals surface area contributed by atoms with Crippen molar-refractivity contribution in [3.63, 3.8) is 0 Å². The van der Waals surface area contributed by atoms with Crippen LogP contribution in [0.5, 0.6) is 0 Å². The number of hydrogen-bond acceptors (Lipinski definition) is 3. The van der Waals surface area contributed by atoms with Gasteiger partial charge in [-0.1, -0.05) is 18.2 Å². The second-order valence-corrected chi connectivity index (χ2v) is 5.52. The fourth-order valence-electron chi connectivity index (χ4n) is 1.78. The number of nitrogens with two attached hydrogens (primary N) is 1. The molecule has 0 unspecified atom stereocenters. The van der Waals surface area contributed by atoms with Crippen LogP contribution in [0.2, 0.25) is 0 Å². The molecular weight excluding hydrogens is 227 g/mol. The molecule has 0 bridgehead atoms. The highest BCUT2D eigenvalue weighted by molar-refractivity contribution is 6.62. The predicted octanol–water partition coefficient (Wildman–Crippen LogP) is 2.12. The van der Waals surface area contributed by atoms with E-state index in [0.717, 1.165) is 5.46 Å². The van der Waals surface area contributed by atoms with E-state index < -0.39 is 7.12 Å². The molecule has 1 fully saturated rings. The van der Waals surface area contributed by atoms with Gasteiger partial charge in [-0.05, 0) is 33.2 Å². The lowest BCUT2D eigenvalue weighted by Gasteiger charge is -2.32. The van der Waals surface area contributed by atoms with E-state index in [1.807, 2.05) is 33.8 Å². The molecule has 1 aliphatic heterocycles. The van der Waals surface area contributed by atoms with Gasteiger partial charge in [0.15, 0.2) is 0 Å². The molecular formula is C13H17BN2O2. The van der Waals surface area contributed by atoms with Crippen LogP contribution in [0.3, 0.4) is 0 Å². The van der Waals surface area contributed by atoms with Crippen molar-refractivity contribution in [2.75, 3.05) is 5.73 Å². The molecule has 5 heteroatoms. The van der Waals surface area contributed by atoms with E-state index in [-0.39, 0.29) is 11.2 Å². The maximum absolute atomic E-state index is 7.07. The standard InChI is InChI=1S/C13H17BN2O2/c1-12(2)13(3,4)18-14(17-12)9-6-7-10(15)11(8-9)16-5/h6-8H,15H2,1-4H3. The number of hydrogen-bond donors (Lipinski definition) is 1. The second-order valence-electron chi connectivity index (χ2n) is 5.52. The molecule has 1 aromatic carbocycles. The fraction of sp³-hybridized carbons (Fsp3) is 0.462. The Kier molecular flexibility index (Phi) is 2.88. The summed E-state index contributed by atoms with van der Waals surface area (Å²) in [5, 5.41) is 0. The molecule has 0 aliphatic carbocycles. The van der Waals surface area contributed by atoms with E-state index in [2.05, 4.69) is 4.85 Å². The fourth-order valence-corrected chi connectivity index (χ4v) is 1.78. The third-order valence-electron chi connectivity index (χ3n) is 3.70. The Balaban J connectivity index is 2.33. The Labute approximate surface area is 108 Å². The van der Waals surface area contributed by atoms with E-state index in [9.17, 15) is 0 Å². The summed E-state index contributed by atoms with van der Waals surface area (Å²) in [6.07, 6.45) is 0. The molecule has 2 N–H and O–H groups in total. The van der Waals surface area contributed by atoms with E-state index >= 15 is 0 Å². The highest BCUT2D eigenvalue weighted by Gasteiger charge is 2.51. The molecule has 2 rings (SSSR count). The summed E-state index contributed by atoms with van der Waals surface area (Å²) in [6, 6.07) is 5.28. The average molecular weight is 244 g/mol. The Morgan fingerprint density at radius 3 is 2.22 bits per heavy atom. The van der Waals surface area contributed by atoms with E-state index in [1.54, 1.807) is 12.1 Å². The first kappa shape index (κ1) is 12.9. The van der Waals surface area contributed by atoms with Crippen LogP contribution in [0.15, 0.2) is 18.2 Å². The van der Waals surface area contributed by atoms with Crippen molar-refractivity contribution in [2.45, 2.75) is 38.9 Å². The molecule has 0 saturated carbocycles. The van der Waals surface area contributed by atoms with Crippen LogP contribution < -0.4 is 11.2 Å². The molecule has 94 valence electrons. The summed E-state index contributed by atoms with van der Waals surface area (Å²) < 4.78 is 11.8. The van der Waals surface area contributed by atoms with Crippen molar-refractivity contribution in [3.05, 3.63) is 29.6 Å². The SMILES string of the molecule is [C-]#[N+]c1cc(B2OC(C)(C)C(C)(C)O2)ccc1N. The van der Waals surface area contributed by atoms with Gasteiger partial charge in [0.05, 0.1) is 17.8 Å². The van der Waals surface area contributed by atoms with Crippen LogP contribution in [0.4, 0.5) is 11.4 Å². The van der Waals surface area contributed by atoms with Crippen LogP contribution in [-0.4, -0.2) is 18.3 Å². The Morgan fingerprint density at radius 1 is 1.17 bits per heavy atom. The van der Waals surface area contributed by atoms with Gasteiger partial charge < -0.3 is 15.0 Å². The Bertz CT molecular complexity index is 504. The van der Waals surface area contributed by atoms with Crippen LogP contribution in [0.1, 0.15) is 27.7 Å². The highest BCUT2D eigenvalue weighted by Crippen LogP contribution is 2.36. The molecule has 1 aliphatic rings. The van der Waals surface area contributed by atoms with Gasteiger partial charge in [-0.15, -0.1) is 0 Å². The van der Waals surface area contributed by atoms with Crippen LogP contribution >= 0.6 is 0 Å². The minimum Gasteiger partial charge on any atom is -0.407 e. The molecule has 4 nitrogen and oxygen atoms in total. The highest BCUT2D eigenvalue weighted by atomic mass is 16.7. The first-order valence-electron chi connectivity index (χ1n) is 5.89. The Morgan fingerprint density at radius 2 is 1.72 bits per heavy atom. The lowest BCUT2D eigenvalue weighted by molar-refractivity contribution is 0.00578. The summed E-state index contributed by atoms with van der Waals surface area (Å²) in [5.41, 5.74) is 6.69. The van der Waals surface area contributed by atoms with E-state index in [1.165, 1.54) is 0 Å². The van der Waals surface area contributed by atoms with E-state index in [0.29, 0.717) is 11.4 Å². The lowest BCUT2D eigenvalue weighted by atomic mass is 9.79.